The monoisotopic (exact) mass is 173 g/mol. The summed E-state index contributed by atoms with van der Waals surface area (Å²) in [7, 11) is 0. The van der Waals surface area contributed by atoms with Crippen LogP contribution in [0.2, 0.25) is 0 Å². The van der Waals surface area contributed by atoms with Crippen molar-refractivity contribution in [3.05, 3.63) is 0 Å². The van der Waals surface area contributed by atoms with Crippen LogP contribution in [-0.4, -0.2) is 25.1 Å². The molecule has 0 aliphatic rings. The molecule has 12 heavy (non-hydrogen) atoms. The second kappa shape index (κ2) is 6.64. The number of esters is 1. The van der Waals surface area contributed by atoms with Crippen LogP contribution in [0.1, 0.15) is 26.7 Å². The van der Waals surface area contributed by atoms with Crippen LogP contribution in [0.25, 0.3) is 0 Å². The first-order chi connectivity index (χ1) is 5.70. The van der Waals surface area contributed by atoms with Gasteiger partial charge in [0.15, 0.2) is 5.90 Å². The van der Waals surface area contributed by atoms with Gasteiger partial charge in [0.25, 0.3) is 0 Å². The first kappa shape index (κ1) is 10.9. The molecule has 0 saturated heterocycles. The molecule has 0 amide bonds. The lowest BCUT2D eigenvalue weighted by atomic mass is 10.4. The van der Waals surface area contributed by atoms with E-state index in [9.17, 15) is 4.79 Å². The fourth-order valence-electron chi connectivity index (χ4n) is 0.619. The first-order valence-electron chi connectivity index (χ1n) is 4.06. The van der Waals surface area contributed by atoms with Crippen LogP contribution in [0.4, 0.5) is 0 Å². The van der Waals surface area contributed by atoms with Crippen LogP contribution in [0, 0.1) is 5.41 Å². The van der Waals surface area contributed by atoms with Crippen molar-refractivity contribution in [3.63, 3.8) is 0 Å². The standard InChI is InChI=1S/C8H15NO3/c1-3-5-12-7(9)6-8(10)11-4-2/h9H,3-6H2,1-2H3. The predicted octanol–water partition coefficient (Wildman–Crippen LogP) is 1.34. The molecule has 0 aliphatic carbocycles. The molecule has 4 heteroatoms. The van der Waals surface area contributed by atoms with Gasteiger partial charge in [0.05, 0.1) is 13.2 Å². The SMILES string of the molecule is CCCOC(=N)CC(=O)OCC. The molecule has 0 rings (SSSR count). The van der Waals surface area contributed by atoms with E-state index in [1.54, 1.807) is 6.92 Å². The minimum atomic E-state index is -0.404. The van der Waals surface area contributed by atoms with E-state index in [4.69, 9.17) is 10.1 Å². The van der Waals surface area contributed by atoms with E-state index in [1.807, 2.05) is 6.92 Å². The fourth-order valence-corrected chi connectivity index (χ4v) is 0.619. The van der Waals surface area contributed by atoms with Crippen LogP contribution < -0.4 is 0 Å². The molecule has 0 unspecified atom stereocenters. The summed E-state index contributed by atoms with van der Waals surface area (Å²) in [5.41, 5.74) is 0. The minimum Gasteiger partial charge on any atom is -0.481 e. The number of hydrogen-bond donors (Lipinski definition) is 1. The van der Waals surface area contributed by atoms with Gasteiger partial charge < -0.3 is 9.47 Å². The predicted molar refractivity (Wildman–Crippen MR) is 45.2 cm³/mol. The fraction of sp³-hybridized carbons (Fsp3) is 0.750. The van der Waals surface area contributed by atoms with E-state index in [1.165, 1.54) is 0 Å². The van der Waals surface area contributed by atoms with E-state index >= 15 is 0 Å². The van der Waals surface area contributed by atoms with Gasteiger partial charge in [-0.25, -0.2) is 0 Å². The van der Waals surface area contributed by atoms with Gasteiger partial charge in [-0.05, 0) is 13.3 Å². The molecular weight excluding hydrogens is 158 g/mol. The van der Waals surface area contributed by atoms with Gasteiger partial charge in [-0.3, -0.25) is 10.2 Å². The van der Waals surface area contributed by atoms with Gasteiger partial charge in [0.1, 0.15) is 6.42 Å². The Bertz CT molecular complexity index is 156. The third-order valence-electron chi connectivity index (χ3n) is 1.09. The number of hydrogen-bond acceptors (Lipinski definition) is 4. The summed E-state index contributed by atoms with van der Waals surface area (Å²) in [4.78, 5) is 10.8. The molecule has 0 heterocycles. The molecule has 0 saturated carbocycles. The summed E-state index contributed by atoms with van der Waals surface area (Å²) in [6.45, 7) is 4.50. The van der Waals surface area contributed by atoms with E-state index in [-0.39, 0.29) is 12.3 Å². The highest BCUT2D eigenvalue weighted by atomic mass is 16.5. The number of nitrogens with one attached hydrogen (secondary N) is 1. The Labute approximate surface area is 72.4 Å². The van der Waals surface area contributed by atoms with Gasteiger partial charge in [0.2, 0.25) is 0 Å². The molecule has 0 bridgehead atoms. The van der Waals surface area contributed by atoms with Crippen molar-refractivity contribution in [2.75, 3.05) is 13.2 Å². The van der Waals surface area contributed by atoms with Crippen LogP contribution in [0.15, 0.2) is 0 Å². The zero-order chi connectivity index (χ0) is 9.40. The minimum absolute atomic E-state index is 0.0182. The largest absolute Gasteiger partial charge is 0.481 e. The van der Waals surface area contributed by atoms with E-state index in [0.717, 1.165) is 6.42 Å². The van der Waals surface area contributed by atoms with Crippen LogP contribution in [0.3, 0.4) is 0 Å². The maximum absolute atomic E-state index is 10.8. The highest BCUT2D eigenvalue weighted by Gasteiger charge is 2.06. The van der Waals surface area contributed by atoms with E-state index in [0.29, 0.717) is 13.2 Å². The smallest absolute Gasteiger partial charge is 0.315 e. The Morgan fingerprint density at radius 2 is 2.00 bits per heavy atom. The summed E-state index contributed by atoms with van der Waals surface area (Å²) in [5.74, 6) is -0.422. The lowest BCUT2D eigenvalue weighted by Crippen LogP contribution is -2.13. The van der Waals surface area contributed by atoms with E-state index in [2.05, 4.69) is 4.74 Å². The third-order valence-corrected chi connectivity index (χ3v) is 1.09. The molecule has 70 valence electrons. The zero-order valence-corrected chi connectivity index (χ0v) is 7.55. The molecular formula is C8H15NO3. The van der Waals surface area contributed by atoms with Gasteiger partial charge in [-0.2, -0.15) is 0 Å². The summed E-state index contributed by atoms with van der Waals surface area (Å²) < 4.78 is 9.52. The topological polar surface area (TPSA) is 59.4 Å². The van der Waals surface area contributed by atoms with Crippen LogP contribution >= 0.6 is 0 Å². The lowest BCUT2D eigenvalue weighted by molar-refractivity contribution is -0.141. The Balaban J connectivity index is 3.47. The average molecular weight is 173 g/mol. The van der Waals surface area contributed by atoms with Crippen molar-refractivity contribution in [2.24, 2.45) is 0 Å². The quantitative estimate of drug-likeness (QED) is 0.388. The number of rotatable bonds is 5. The second-order valence-corrected chi connectivity index (χ2v) is 2.25. The van der Waals surface area contributed by atoms with Crippen LogP contribution in [0.5, 0.6) is 0 Å². The van der Waals surface area contributed by atoms with Crippen LogP contribution in [-0.2, 0) is 14.3 Å². The molecule has 0 atom stereocenters. The van der Waals surface area contributed by atoms with Crippen molar-refractivity contribution in [2.45, 2.75) is 26.7 Å². The van der Waals surface area contributed by atoms with Crippen molar-refractivity contribution < 1.29 is 14.3 Å². The van der Waals surface area contributed by atoms with Crippen molar-refractivity contribution in [1.82, 2.24) is 0 Å². The summed E-state index contributed by atoms with van der Waals surface area (Å²) in [6.07, 6.45) is 0.777. The van der Waals surface area contributed by atoms with Crippen molar-refractivity contribution in [3.8, 4) is 0 Å². The number of ether oxygens (including phenoxy) is 2. The van der Waals surface area contributed by atoms with Gasteiger partial charge in [-0.15, -0.1) is 0 Å². The van der Waals surface area contributed by atoms with Gasteiger partial charge in [0, 0.05) is 0 Å². The summed E-state index contributed by atoms with van der Waals surface area (Å²) in [6, 6.07) is 0. The Morgan fingerprint density at radius 1 is 1.33 bits per heavy atom. The highest BCUT2D eigenvalue weighted by Crippen LogP contribution is 1.92. The summed E-state index contributed by atoms with van der Waals surface area (Å²) >= 11 is 0. The first-order valence-corrected chi connectivity index (χ1v) is 4.06. The van der Waals surface area contributed by atoms with Crippen molar-refractivity contribution >= 4 is 11.9 Å². The molecule has 0 aromatic carbocycles. The summed E-state index contributed by atoms with van der Waals surface area (Å²) in [5, 5.41) is 7.18. The third kappa shape index (κ3) is 5.70. The zero-order valence-electron chi connectivity index (χ0n) is 7.55. The van der Waals surface area contributed by atoms with Gasteiger partial charge in [-0.1, -0.05) is 6.92 Å². The number of carbonyl (C=O) groups excluding carboxylic acids is 1. The maximum Gasteiger partial charge on any atom is 0.315 e. The second-order valence-electron chi connectivity index (χ2n) is 2.25. The number of carbonyl (C=O) groups is 1. The van der Waals surface area contributed by atoms with Crippen molar-refractivity contribution in [1.29, 1.82) is 5.41 Å². The Kier molecular flexibility index (Phi) is 6.05. The molecule has 0 aliphatic heterocycles. The molecule has 1 N–H and O–H groups in total. The molecule has 0 radical (unpaired) electrons. The molecule has 4 nitrogen and oxygen atoms in total. The molecule has 0 fully saturated rings. The van der Waals surface area contributed by atoms with E-state index < -0.39 is 5.97 Å². The highest BCUT2D eigenvalue weighted by molar-refractivity contribution is 5.92. The maximum atomic E-state index is 10.8. The molecule has 0 aromatic rings. The Morgan fingerprint density at radius 3 is 2.50 bits per heavy atom. The average Bonchev–Trinajstić information content (AvgIpc) is 2.01. The molecule has 0 aromatic heterocycles. The van der Waals surface area contributed by atoms with Gasteiger partial charge >= 0.3 is 5.97 Å². The molecule has 0 spiro atoms. The lowest BCUT2D eigenvalue weighted by Gasteiger charge is -2.04. The normalized spacial score (nSPS) is 9.17. The Hall–Kier alpha value is -1.06.